The van der Waals surface area contributed by atoms with Gasteiger partial charge in [-0.15, -0.1) is 0 Å². The molecular weight excluding hydrogens is 308 g/mol. The first-order chi connectivity index (χ1) is 9.15. The van der Waals surface area contributed by atoms with Gasteiger partial charge in [0.25, 0.3) is 5.56 Å². The Labute approximate surface area is 121 Å². The van der Waals surface area contributed by atoms with Gasteiger partial charge in [-0.3, -0.25) is 4.79 Å². The van der Waals surface area contributed by atoms with Crippen molar-refractivity contribution in [2.45, 2.75) is 51.2 Å². The molecule has 0 unspecified atom stereocenters. The summed E-state index contributed by atoms with van der Waals surface area (Å²) in [5, 5.41) is 10.9. The Morgan fingerprint density at radius 1 is 1.37 bits per heavy atom. The summed E-state index contributed by atoms with van der Waals surface area (Å²) in [5.74, 6) is 0. The third-order valence-corrected chi connectivity index (χ3v) is 4.55. The lowest BCUT2D eigenvalue weighted by Crippen LogP contribution is -2.35. The molecule has 5 nitrogen and oxygen atoms in total. The molecule has 19 heavy (non-hydrogen) atoms. The third kappa shape index (κ3) is 3.36. The van der Waals surface area contributed by atoms with Gasteiger partial charge in [-0.2, -0.15) is 5.10 Å². The maximum absolute atomic E-state index is 12.0. The molecule has 0 aliphatic heterocycles. The zero-order valence-corrected chi connectivity index (χ0v) is 13.0. The Morgan fingerprint density at radius 2 is 2.00 bits per heavy atom. The minimum atomic E-state index is -0.0728. The van der Waals surface area contributed by atoms with Crippen molar-refractivity contribution < 1.29 is 0 Å². The SMILES string of the molecule is CCn1ncc(NC2CCC(NC)CC2)c(Br)c1=O. The van der Waals surface area contributed by atoms with E-state index in [0.29, 0.717) is 23.1 Å². The van der Waals surface area contributed by atoms with Gasteiger partial charge in [0.15, 0.2) is 0 Å². The maximum Gasteiger partial charge on any atom is 0.283 e. The van der Waals surface area contributed by atoms with Gasteiger partial charge in [-0.1, -0.05) is 0 Å². The lowest BCUT2D eigenvalue weighted by molar-refractivity contribution is 0.371. The van der Waals surface area contributed by atoms with E-state index in [-0.39, 0.29) is 5.56 Å². The van der Waals surface area contributed by atoms with Crippen LogP contribution in [0.25, 0.3) is 0 Å². The lowest BCUT2D eigenvalue weighted by Gasteiger charge is -2.29. The molecule has 1 aromatic rings. The quantitative estimate of drug-likeness (QED) is 0.887. The highest BCUT2D eigenvalue weighted by atomic mass is 79.9. The number of aryl methyl sites for hydroxylation is 1. The Bertz CT molecular complexity index is 480. The minimum absolute atomic E-state index is 0.0728. The van der Waals surface area contributed by atoms with E-state index in [1.54, 1.807) is 6.20 Å². The number of anilines is 1. The second-order valence-electron chi connectivity index (χ2n) is 4.97. The van der Waals surface area contributed by atoms with Crippen molar-refractivity contribution in [1.82, 2.24) is 15.1 Å². The summed E-state index contributed by atoms with van der Waals surface area (Å²) >= 11 is 3.38. The first-order valence-corrected chi connectivity index (χ1v) is 7.64. The van der Waals surface area contributed by atoms with Crippen LogP contribution in [0.1, 0.15) is 32.6 Å². The van der Waals surface area contributed by atoms with Crippen LogP contribution in [0.2, 0.25) is 0 Å². The summed E-state index contributed by atoms with van der Waals surface area (Å²) in [6.45, 7) is 2.50. The molecule has 106 valence electrons. The Morgan fingerprint density at radius 3 is 2.58 bits per heavy atom. The van der Waals surface area contributed by atoms with Gasteiger partial charge in [0, 0.05) is 18.6 Å². The van der Waals surface area contributed by atoms with Crippen LogP contribution >= 0.6 is 15.9 Å². The lowest BCUT2D eigenvalue weighted by atomic mass is 9.91. The summed E-state index contributed by atoms with van der Waals surface area (Å²) in [5.41, 5.74) is 0.735. The molecule has 0 spiro atoms. The number of halogens is 1. The smallest absolute Gasteiger partial charge is 0.283 e. The van der Waals surface area contributed by atoms with Crippen molar-refractivity contribution in [3.8, 4) is 0 Å². The molecule has 0 saturated heterocycles. The van der Waals surface area contributed by atoms with Crippen LogP contribution < -0.4 is 16.2 Å². The number of nitrogens with zero attached hydrogens (tertiary/aromatic N) is 2. The van der Waals surface area contributed by atoms with Crippen molar-refractivity contribution in [1.29, 1.82) is 0 Å². The number of aromatic nitrogens is 2. The van der Waals surface area contributed by atoms with Gasteiger partial charge >= 0.3 is 0 Å². The standard InChI is InChI=1S/C13H21BrN4O/c1-3-18-13(19)12(14)11(8-16-18)17-10-6-4-9(15-2)5-7-10/h8-10,15,17H,3-7H2,1-2H3. The predicted molar refractivity (Wildman–Crippen MR) is 80.6 cm³/mol. The zero-order valence-electron chi connectivity index (χ0n) is 11.4. The average molecular weight is 329 g/mol. The van der Waals surface area contributed by atoms with Crippen molar-refractivity contribution >= 4 is 21.6 Å². The van der Waals surface area contributed by atoms with Crippen LogP contribution in [-0.4, -0.2) is 28.9 Å². The summed E-state index contributed by atoms with van der Waals surface area (Å²) in [4.78, 5) is 12.0. The molecule has 1 aromatic heterocycles. The maximum atomic E-state index is 12.0. The van der Waals surface area contributed by atoms with Crippen LogP contribution in [0, 0.1) is 0 Å². The van der Waals surface area contributed by atoms with Crippen LogP contribution in [-0.2, 0) is 6.54 Å². The largest absolute Gasteiger partial charge is 0.380 e. The summed E-state index contributed by atoms with van der Waals surface area (Å²) in [6, 6.07) is 1.06. The minimum Gasteiger partial charge on any atom is -0.380 e. The van der Waals surface area contributed by atoms with E-state index in [2.05, 4.69) is 31.7 Å². The normalized spacial score (nSPS) is 23.3. The molecule has 1 aliphatic rings. The highest BCUT2D eigenvalue weighted by Crippen LogP contribution is 2.24. The molecule has 1 saturated carbocycles. The van der Waals surface area contributed by atoms with E-state index < -0.39 is 0 Å². The second kappa shape index (κ2) is 6.52. The zero-order chi connectivity index (χ0) is 13.8. The van der Waals surface area contributed by atoms with Crippen molar-refractivity contribution in [3.63, 3.8) is 0 Å². The van der Waals surface area contributed by atoms with Crippen LogP contribution in [0.5, 0.6) is 0 Å². The van der Waals surface area contributed by atoms with Crippen molar-refractivity contribution in [2.24, 2.45) is 0 Å². The van der Waals surface area contributed by atoms with Crippen LogP contribution in [0.15, 0.2) is 15.5 Å². The number of hydrogen-bond acceptors (Lipinski definition) is 4. The van der Waals surface area contributed by atoms with Crippen molar-refractivity contribution in [2.75, 3.05) is 12.4 Å². The Hall–Kier alpha value is -0.880. The molecule has 2 N–H and O–H groups in total. The Balaban J connectivity index is 2.04. The van der Waals surface area contributed by atoms with E-state index in [9.17, 15) is 4.79 Å². The molecular formula is C13H21BrN4O. The van der Waals surface area contributed by atoms with Gasteiger partial charge in [-0.05, 0) is 55.6 Å². The van der Waals surface area contributed by atoms with Gasteiger partial charge in [0.05, 0.1) is 11.9 Å². The van der Waals surface area contributed by atoms with Gasteiger partial charge in [0.2, 0.25) is 0 Å². The number of rotatable bonds is 4. The van der Waals surface area contributed by atoms with Crippen LogP contribution in [0.4, 0.5) is 5.69 Å². The summed E-state index contributed by atoms with van der Waals surface area (Å²) < 4.78 is 2.03. The molecule has 1 fully saturated rings. The molecule has 0 radical (unpaired) electrons. The molecule has 2 rings (SSSR count). The highest BCUT2D eigenvalue weighted by molar-refractivity contribution is 9.10. The van der Waals surface area contributed by atoms with Gasteiger partial charge < -0.3 is 10.6 Å². The molecule has 0 amide bonds. The topological polar surface area (TPSA) is 59.0 Å². The molecule has 0 bridgehead atoms. The van der Waals surface area contributed by atoms with E-state index in [0.717, 1.165) is 18.5 Å². The number of hydrogen-bond donors (Lipinski definition) is 2. The van der Waals surface area contributed by atoms with E-state index >= 15 is 0 Å². The molecule has 1 aliphatic carbocycles. The molecule has 6 heteroatoms. The third-order valence-electron chi connectivity index (χ3n) is 3.78. The first-order valence-electron chi connectivity index (χ1n) is 6.85. The molecule has 0 aromatic carbocycles. The fourth-order valence-corrected chi connectivity index (χ4v) is 2.96. The molecule has 0 atom stereocenters. The van der Waals surface area contributed by atoms with Crippen molar-refractivity contribution in [3.05, 3.63) is 21.0 Å². The fourth-order valence-electron chi connectivity index (χ4n) is 2.54. The molecule has 1 heterocycles. The van der Waals surface area contributed by atoms with Gasteiger partial charge in [-0.25, -0.2) is 4.68 Å². The predicted octanol–water partition coefficient (Wildman–Crippen LogP) is 1.97. The monoisotopic (exact) mass is 328 g/mol. The first kappa shape index (κ1) is 14.5. The summed E-state index contributed by atoms with van der Waals surface area (Å²) in [7, 11) is 2.02. The highest BCUT2D eigenvalue weighted by Gasteiger charge is 2.21. The Kier molecular flexibility index (Phi) is 4.99. The van der Waals surface area contributed by atoms with E-state index in [1.165, 1.54) is 17.5 Å². The fraction of sp³-hybridized carbons (Fsp3) is 0.692. The number of nitrogens with one attached hydrogen (secondary N) is 2. The second-order valence-corrected chi connectivity index (χ2v) is 5.77. The van der Waals surface area contributed by atoms with E-state index in [4.69, 9.17) is 0 Å². The van der Waals surface area contributed by atoms with Crippen LogP contribution in [0.3, 0.4) is 0 Å². The average Bonchev–Trinajstić information content (AvgIpc) is 2.45. The summed E-state index contributed by atoms with van der Waals surface area (Å²) in [6.07, 6.45) is 6.32. The van der Waals surface area contributed by atoms with Gasteiger partial charge in [0.1, 0.15) is 4.47 Å². The van der Waals surface area contributed by atoms with E-state index in [1.807, 2.05) is 14.0 Å².